The van der Waals surface area contributed by atoms with Gasteiger partial charge in [0.25, 0.3) is 0 Å². The van der Waals surface area contributed by atoms with Crippen molar-refractivity contribution in [1.82, 2.24) is 10.6 Å². The molecule has 0 saturated carbocycles. The molecule has 5 unspecified atom stereocenters. The molecule has 0 bridgehead atoms. The molecule has 0 radical (unpaired) electrons. The van der Waals surface area contributed by atoms with Crippen LogP contribution in [0, 0.1) is 0 Å². The van der Waals surface area contributed by atoms with Gasteiger partial charge in [0.05, 0.1) is 32.3 Å². The summed E-state index contributed by atoms with van der Waals surface area (Å²) in [5, 5.41) is 51.4. The van der Waals surface area contributed by atoms with E-state index in [-0.39, 0.29) is 49.4 Å². The molecule has 298 valence electrons. The number of phenols is 2. The first-order valence-corrected chi connectivity index (χ1v) is 20.1. The number of rotatable bonds is 12. The fraction of sp³-hybridized carbons (Fsp3) is 0.413. The average Bonchev–Trinajstić information content (AvgIpc) is 3.71. The molecule has 9 rings (SSSR count). The summed E-state index contributed by atoms with van der Waals surface area (Å²) >= 11 is 0. The van der Waals surface area contributed by atoms with E-state index in [4.69, 9.17) is 18.9 Å². The van der Waals surface area contributed by atoms with Crippen molar-refractivity contribution >= 4 is 12.2 Å². The van der Waals surface area contributed by atoms with Gasteiger partial charge in [-0.1, -0.05) is 30.4 Å². The molecule has 11 nitrogen and oxygen atoms in total. The fourth-order valence-corrected chi connectivity index (χ4v) is 10.1. The van der Waals surface area contributed by atoms with Gasteiger partial charge in [-0.3, -0.25) is 10.3 Å². The van der Waals surface area contributed by atoms with Crippen molar-refractivity contribution in [1.29, 1.82) is 0 Å². The molecular formula is C46H51N3O8. The van der Waals surface area contributed by atoms with Gasteiger partial charge in [0, 0.05) is 47.7 Å². The summed E-state index contributed by atoms with van der Waals surface area (Å²) in [5.74, 6) is 2.16. The summed E-state index contributed by atoms with van der Waals surface area (Å²) in [6.07, 6.45) is 8.84. The first kappa shape index (κ1) is 37.7. The molecule has 4 aromatic carbocycles. The zero-order chi connectivity index (χ0) is 39.4. The Kier molecular flexibility index (Phi) is 9.99. The lowest BCUT2D eigenvalue weighted by Crippen LogP contribution is -2.54. The van der Waals surface area contributed by atoms with Crippen LogP contribution < -0.4 is 35.4 Å². The predicted octanol–water partition coefficient (Wildman–Crippen LogP) is 4.08. The Morgan fingerprint density at radius 3 is 2.63 bits per heavy atom. The molecule has 5 atom stereocenters. The number of aliphatic hydroxyl groups excluding tert-OH is 2. The predicted molar refractivity (Wildman–Crippen MR) is 217 cm³/mol. The first-order chi connectivity index (χ1) is 27.8. The molecule has 2 aliphatic carbocycles. The van der Waals surface area contributed by atoms with E-state index in [0.29, 0.717) is 62.9 Å². The second kappa shape index (κ2) is 15.1. The van der Waals surface area contributed by atoms with E-state index < -0.39 is 11.7 Å². The SMILES string of the molecule is CNCOC1(CNC)Cc2c3c(c4c(c2OC1c1cc(CCCO)c(O)c(OC)c1)CCC(CO)O4)-c1ccc(O)c2c1C(C3)C(c1ccc3c(c1)=CCN=3)C=C2. The van der Waals surface area contributed by atoms with Gasteiger partial charge in [0.2, 0.25) is 0 Å². The van der Waals surface area contributed by atoms with Crippen LogP contribution in [-0.4, -0.2) is 86.4 Å². The van der Waals surface area contributed by atoms with Crippen LogP contribution in [0.25, 0.3) is 23.3 Å². The number of benzene rings is 4. The Hall–Kier alpha value is -4.91. The number of phenolic OH excluding ortho intramolecular Hbond substituents is 2. The van der Waals surface area contributed by atoms with Crippen LogP contribution in [-0.2, 0) is 30.4 Å². The van der Waals surface area contributed by atoms with Crippen LogP contribution in [0.3, 0.4) is 0 Å². The molecule has 0 amide bonds. The van der Waals surface area contributed by atoms with Gasteiger partial charge in [0.15, 0.2) is 17.6 Å². The number of allylic oxidation sites excluding steroid dienone is 1. The van der Waals surface area contributed by atoms with Gasteiger partial charge in [-0.25, -0.2) is 0 Å². The van der Waals surface area contributed by atoms with Crippen LogP contribution in [0.4, 0.5) is 0 Å². The molecule has 6 N–H and O–H groups in total. The highest BCUT2D eigenvalue weighted by atomic mass is 16.6. The number of hydrogen-bond acceptors (Lipinski definition) is 11. The number of aliphatic hydroxyl groups is 2. The average molecular weight is 774 g/mol. The highest BCUT2D eigenvalue weighted by Crippen LogP contribution is 2.60. The fourth-order valence-electron chi connectivity index (χ4n) is 10.1. The Morgan fingerprint density at radius 1 is 0.965 bits per heavy atom. The second-order valence-electron chi connectivity index (χ2n) is 15.9. The van der Waals surface area contributed by atoms with E-state index in [2.05, 4.69) is 52.1 Å². The van der Waals surface area contributed by atoms with Crippen molar-refractivity contribution in [2.45, 2.75) is 68.2 Å². The van der Waals surface area contributed by atoms with Gasteiger partial charge < -0.3 is 44.7 Å². The van der Waals surface area contributed by atoms with Crippen LogP contribution in [0.15, 0.2) is 53.5 Å². The molecule has 4 aromatic rings. The van der Waals surface area contributed by atoms with E-state index in [9.17, 15) is 20.4 Å². The Balaban J connectivity index is 1.28. The maximum atomic E-state index is 11.3. The van der Waals surface area contributed by atoms with E-state index in [0.717, 1.165) is 66.6 Å². The summed E-state index contributed by atoms with van der Waals surface area (Å²) in [7, 11) is 5.31. The summed E-state index contributed by atoms with van der Waals surface area (Å²) in [6.45, 7) is 1.28. The van der Waals surface area contributed by atoms with Crippen molar-refractivity contribution in [2.24, 2.45) is 4.99 Å². The van der Waals surface area contributed by atoms with E-state index >= 15 is 0 Å². The highest BCUT2D eigenvalue weighted by molar-refractivity contribution is 5.89. The normalized spacial score (nSPS) is 23.5. The lowest BCUT2D eigenvalue weighted by molar-refractivity contribution is -0.128. The quantitative estimate of drug-likeness (QED) is 0.116. The summed E-state index contributed by atoms with van der Waals surface area (Å²) in [6, 6.07) is 14.2. The third-order valence-corrected chi connectivity index (χ3v) is 12.6. The minimum atomic E-state index is -0.919. The Morgan fingerprint density at radius 2 is 1.84 bits per heavy atom. The van der Waals surface area contributed by atoms with Gasteiger partial charge >= 0.3 is 0 Å². The highest BCUT2D eigenvalue weighted by Gasteiger charge is 2.51. The lowest BCUT2D eigenvalue weighted by atomic mass is 9.64. The van der Waals surface area contributed by atoms with Gasteiger partial charge in [0.1, 0.15) is 29.0 Å². The third-order valence-electron chi connectivity index (χ3n) is 12.6. The first-order valence-electron chi connectivity index (χ1n) is 20.1. The minimum Gasteiger partial charge on any atom is -0.507 e. The van der Waals surface area contributed by atoms with Gasteiger partial charge in [-0.15, -0.1) is 0 Å². The number of fused-ring (bicyclic) bond motifs is 8. The maximum Gasteiger partial charge on any atom is 0.161 e. The smallest absolute Gasteiger partial charge is 0.161 e. The van der Waals surface area contributed by atoms with Crippen LogP contribution in [0.5, 0.6) is 28.7 Å². The van der Waals surface area contributed by atoms with Crippen molar-refractivity contribution in [2.75, 3.05) is 54.2 Å². The van der Waals surface area contributed by atoms with Crippen LogP contribution >= 0.6 is 0 Å². The summed E-state index contributed by atoms with van der Waals surface area (Å²) in [4.78, 5) is 4.64. The zero-order valence-corrected chi connectivity index (χ0v) is 32.7. The number of likely N-dealkylation sites (N-methyl/N-ethyl adjacent to an activating group) is 1. The Labute approximate surface area is 332 Å². The van der Waals surface area contributed by atoms with Crippen molar-refractivity contribution < 1.29 is 39.4 Å². The van der Waals surface area contributed by atoms with E-state index in [1.54, 1.807) is 6.07 Å². The lowest BCUT2D eigenvalue weighted by Gasteiger charge is -2.48. The zero-order valence-electron chi connectivity index (χ0n) is 32.7. The number of aryl methyl sites for hydroxylation is 1. The summed E-state index contributed by atoms with van der Waals surface area (Å²) < 4.78 is 26.8. The number of nitrogens with one attached hydrogen (secondary N) is 2. The maximum absolute atomic E-state index is 11.3. The summed E-state index contributed by atoms with van der Waals surface area (Å²) in [5.41, 5.74) is 8.84. The Bertz CT molecular complexity index is 2390. The molecule has 0 fully saturated rings. The third kappa shape index (κ3) is 6.18. The molecule has 3 heterocycles. The molecule has 3 aliphatic heterocycles. The van der Waals surface area contributed by atoms with Crippen molar-refractivity contribution in [3.63, 3.8) is 0 Å². The molecule has 0 aromatic heterocycles. The minimum absolute atomic E-state index is 0.000430. The molecule has 11 heteroatoms. The standard InChI is InChI=1S/C46H51N3O8/c1-47-23-46(55-24-48-2)21-36-35-20-34-30(25-6-12-37-26(17-25)14-15-49-37)9-10-31-38(52)13-11-32(40(31)34)41(35)44-33(8-7-29(22-51)56-44)43(36)57-45(46)28-18-27(5-4-16-50)42(53)39(19-28)54-3/h6,9-14,17-19,29-30,34,45,47-48,50-53H,4-5,7-8,15-16,20-24H2,1-3H3. The second-order valence-corrected chi connectivity index (χ2v) is 15.9. The number of methoxy groups -OCH3 is 1. The molecular weight excluding hydrogens is 723 g/mol. The van der Waals surface area contributed by atoms with Crippen LogP contribution in [0.1, 0.15) is 75.3 Å². The van der Waals surface area contributed by atoms with Crippen molar-refractivity contribution in [3.05, 3.63) is 104 Å². The molecule has 57 heavy (non-hydrogen) atoms. The number of ether oxygens (including phenoxy) is 4. The number of nitrogens with zero attached hydrogens (tertiary/aromatic N) is 1. The monoisotopic (exact) mass is 773 g/mol. The van der Waals surface area contributed by atoms with Crippen LogP contribution in [0.2, 0.25) is 0 Å². The van der Waals surface area contributed by atoms with Gasteiger partial charge in [-0.2, -0.15) is 0 Å². The van der Waals surface area contributed by atoms with Gasteiger partial charge in [-0.05, 0) is 121 Å². The topological polar surface area (TPSA) is 154 Å². The van der Waals surface area contributed by atoms with Crippen molar-refractivity contribution in [3.8, 4) is 39.9 Å². The number of aromatic hydroxyl groups is 2. The molecule has 0 spiro atoms. The van der Waals surface area contributed by atoms with E-state index in [1.807, 2.05) is 32.3 Å². The largest absolute Gasteiger partial charge is 0.507 e. The molecule has 0 saturated heterocycles. The number of hydrogen-bond donors (Lipinski definition) is 6. The molecule has 5 aliphatic rings. The van der Waals surface area contributed by atoms with E-state index in [1.165, 1.54) is 12.7 Å².